The normalized spacial score (nSPS) is 10.7. The zero-order valence-electron chi connectivity index (χ0n) is 14.0. The van der Waals surface area contributed by atoms with Gasteiger partial charge < -0.3 is 14.8 Å². The highest BCUT2D eigenvalue weighted by Gasteiger charge is 2.22. The van der Waals surface area contributed by atoms with Crippen LogP contribution in [0.25, 0.3) is 11.0 Å². The van der Waals surface area contributed by atoms with Crippen LogP contribution in [-0.2, 0) is 6.54 Å². The van der Waals surface area contributed by atoms with Gasteiger partial charge in [-0.15, -0.1) is 0 Å². The molecule has 0 saturated carbocycles. The first-order valence-corrected chi connectivity index (χ1v) is 7.75. The van der Waals surface area contributed by atoms with E-state index >= 15 is 0 Å². The molecule has 0 atom stereocenters. The molecule has 0 aliphatic rings. The van der Waals surface area contributed by atoms with Gasteiger partial charge in [0.2, 0.25) is 5.75 Å². The van der Waals surface area contributed by atoms with Crippen LogP contribution in [0.3, 0.4) is 0 Å². The van der Waals surface area contributed by atoms with E-state index in [1.807, 2.05) is 0 Å². The second kappa shape index (κ2) is 6.87. The molecule has 0 bridgehead atoms. The molecule has 9 heteroatoms. The Bertz CT molecular complexity index is 1140. The molecule has 3 rings (SSSR count). The van der Waals surface area contributed by atoms with Gasteiger partial charge in [0.25, 0.3) is 5.91 Å². The van der Waals surface area contributed by atoms with E-state index in [0.29, 0.717) is 5.56 Å². The first-order chi connectivity index (χ1) is 12.8. The zero-order valence-corrected chi connectivity index (χ0v) is 14.0. The summed E-state index contributed by atoms with van der Waals surface area (Å²) in [6.07, 6.45) is 0. The van der Waals surface area contributed by atoms with Gasteiger partial charge in [-0.3, -0.25) is 14.9 Å². The molecule has 3 aromatic rings. The van der Waals surface area contributed by atoms with Gasteiger partial charge in [-0.25, -0.2) is 9.18 Å². The van der Waals surface area contributed by atoms with Gasteiger partial charge >= 0.3 is 11.3 Å². The maximum absolute atomic E-state index is 13.2. The van der Waals surface area contributed by atoms with Crippen LogP contribution in [0.5, 0.6) is 5.75 Å². The molecule has 2 aromatic carbocycles. The van der Waals surface area contributed by atoms with Crippen LogP contribution in [0.15, 0.2) is 45.6 Å². The number of benzene rings is 2. The quantitative estimate of drug-likeness (QED) is 0.412. The summed E-state index contributed by atoms with van der Waals surface area (Å²) in [5.41, 5.74) is -1.44. The lowest BCUT2D eigenvalue weighted by molar-refractivity contribution is -0.385. The van der Waals surface area contributed by atoms with Gasteiger partial charge in [0, 0.05) is 23.6 Å². The highest BCUT2D eigenvalue weighted by molar-refractivity contribution is 5.97. The summed E-state index contributed by atoms with van der Waals surface area (Å²) in [5, 5.41) is 23.5. The number of nitro groups is 1. The van der Waals surface area contributed by atoms with Crippen LogP contribution in [0.4, 0.5) is 10.1 Å². The molecule has 0 saturated heterocycles. The molecule has 1 amide bonds. The van der Waals surface area contributed by atoms with Crippen LogP contribution in [0.1, 0.15) is 21.5 Å². The maximum Gasteiger partial charge on any atom is 0.349 e. The first-order valence-electron chi connectivity index (χ1n) is 7.75. The van der Waals surface area contributed by atoms with Crippen molar-refractivity contribution in [3.8, 4) is 5.75 Å². The number of nitrogens with one attached hydrogen (secondary N) is 1. The Morgan fingerprint density at radius 3 is 2.74 bits per heavy atom. The molecule has 0 fully saturated rings. The Morgan fingerprint density at radius 1 is 1.33 bits per heavy atom. The summed E-state index contributed by atoms with van der Waals surface area (Å²) >= 11 is 0. The fourth-order valence-corrected chi connectivity index (χ4v) is 2.62. The Labute approximate surface area is 151 Å². The predicted molar refractivity (Wildman–Crippen MR) is 93.1 cm³/mol. The summed E-state index contributed by atoms with van der Waals surface area (Å²) in [5.74, 6) is -1.85. The highest BCUT2D eigenvalue weighted by atomic mass is 19.1. The average Bonchev–Trinajstić information content (AvgIpc) is 2.62. The van der Waals surface area contributed by atoms with E-state index in [4.69, 9.17) is 4.42 Å². The Kier molecular flexibility index (Phi) is 4.59. The number of carbonyl (C=O) groups is 1. The molecule has 0 aliphatic heterocycles. The highest BCUT2D eigenvalue weighted by Crippen LogP contribution is 2.35. The molecule has 1 aromatic heterocycles. The summed E-state index contributed by atoms with van der Waals surface area (Å²) in [7, 11) is 0. The standard InChI is InChI=1S/C18H13FN2O6/c1-9-15(22)14(21(25)26)7-11-6-13(18(24)27-16(9)11)17(23)20-8-10-3-2-4-12(19)5-10/h2-7,22H,8H2,1H3,(H,20,23). The zero-order chi connectivity index (χ0) is 19.7. The summed E-state index contributed by atoms with van der Waals surface area (Å²) in [4.78, 5) is 34.7. The Morgan fingerprint density at radius 2 is 2.07 bits per heavy atom. The number of fused-ring (bicyclic) bond motifs is 1. The molecule has 8 nitrogen and oxygen atoms in total. The van der Waals surface area contributed by atoms with Crippen LogP contribution in [0.2, 0.25) is 0 Å². The summed E-state index contributed by atoms with van der Waals surface area (Å²) in [6.45, 7) is 1.33. The van der Waals surface area contributed by atoms with Crippen LogP contribution < -0.4 is 10.9 Å². The Balaban J connectivity index is 1.97. The lowest BCUT2D eigenvalue weighted by Gasteiger charge is -2.08. The number of aryl methyl sites for hydroxylation is 1. The number of amides is 1. The van der Waals surface area contributed by atoms with Gasteiger partial charge in [0.1, 0.15) is 17.0 Å². The van der Waals surface area contributed by atoms with Gasteiger partial charge in [-0.05, 0) is 30.7 Å². The fourth-order valence-electron chi connectivity index (χ4n) is 2.62. The van der Waals surface area contributed by atoms with Crippen LogP contribution in [-0.4, -0.2) is 15.9 Å². The molecule has 0 spiro atoms. The minimum absolute atomic E-state index is 0.0167. The Hall–Kier alpha value is -3.75. The van der Waals surface area contributed by atoms with E-state index in [1.54, 1.807) is 6.07 Å². The van der Waals surface area contributed by atoms with E-state index in [2.05, 4.69) is 5.32 Å². The van der Waals surface area contributed by atoms with Crippen molar-refractivity contribution in [1.29, 1.82) is 0 Å². The molecular formula is C18H13FN2O6. The van der Waals surface area contributed by atoms with Crippen LogP contribution >= 0.6 is 0 Å². The molecule has 27 heavy (non-hydrogen) atoms. The van der Waals surface area contributed by atoms with Gasteiger partial charge in [-0.1, -0.05) is 12.1 Å². The third-order valence-electron chi connectivity index (χ3n) is 3.99. The third-order valence-corrected chi connectivity index (χ3v) is 3.99. The number of nitrogens with zero attached hydrogens (tertiary/aromatic N) is 1. The number of phenolic OH excluding ortho intramolecular Hbond substituents is 1. The molecule has 138 valence electrons. The lowest BCUT2D eigenvalue weighted by atomic mass is 10.1. The topological polar surface area (TPSA) is 123 Å². The number of nitro benzene ring substituents is 1. The van der Waals surface area contributed by atoms with E-state index < -0.39 is 33.7 Å². The van der Waals surface area contributed by atoms with Gasteiger partial charge in [-0.2, -0.15) is 0 Å². The van der Waals surface area contributed by atoms with E-state index in [9.17, 15) is 29.2 Å². The second-order valence-electron chi connectivity index (χ2n) is 5.80. The van der Waals surface area contributed by atoms with Crippen molar-refractivity contribution in [1.82, 2.24) is 5.32 Å². The molecule has 2 N–H and O–H groups in total. The van der Waals surface area contributed by atoms with Crippen molar-refractivity contribution in [2.24, 2.45) is 0 Å². The summed E-state index contributed by atoms with van der Waals surface area (Å²) < 4.78 is 18.2. The lowest BCUT2D eigenvalue weighted by Crippen LogP contribution is -2.27. The molecular weight excluding hydrogens is 359 g/mol. The number of hydrogen-bond donors (Lipinski definition) is 2. The minimum Gasteiger partial charge on any atom is -0.502 e. The molecule has 1 heterocycles. The smallest absolute Gasteiger partial charge is 0.349 e. The fraction of sp³-hybridized carbons (Fsp3) is 0.111. The molecule has 0 unspecified atom stereocenters. The molecule has 0 radical (unpaired) electrons. The van der Waals surface area contributed by atoms with Crippen molar-refractivity contribution in [3.63, 3.8) is 0 Å². The van der Waals surface area contributed by atoms with Crippen molar-refractivity contribution in [2.45, 2.75) is 13.5 Å². The minimum atomic E-state index is -0.962. The van der Waals surface area contributed by atoms with E-state index in [-0.39, 0.29) is 28.6 Å². The monoisotopic (exact) mass is 372 g/mol. The SMILES string of the molecule is Cc1c(O)c([N+](=O)[O-])cc2cc(C(=O)NCc3cccc(F)c3)c(=O)oc12. The maximum atomic E-state index is 13.2. The van der Waals surface area contributed by atoms with Crippen molar-refractivity contribution in [2.75, 3.05) is 0 Å². The van der Waals surface area contributed by atoms with Crippen molar-refractivity contribution < 1.29 is 23.6 Å². The number of halogens is 1. The number of rotatable bonds is 4. The second-order valence-corrected chi connectivity index (χ2v) is 5.80. The third kappa shape index (κ3) is 3.47. The van der Waals surface area contributed by atoms with Crippen molar-refractivity contribution in [3.05, 3.63) is 79.4 Å². The largest absolute Gasteiger partial charge is 0.502 e. The van der Waals surface area contributed by atoms with Crippen molar-refractivity contribution >= 4 is 22.6 Å². The predicted octanol–water partition coefficient (Wildman–Crippen LogP) is 2.78. The number of aromatic hydroxyl groups is 1. The van der Waals surface area contributed by atoms with E-state index in [0.717, 1.165) is 12.1 Å². The first kappa shape index (κ1) is 18.1. The number of hydrogen-bond acceptors (Lipinski definition) is 6. The van der Waals surface area contributed by atoms with E-state index in [1.165, 1.54) is 25.1 Å². The van der Waals surface area contributed by atoms with Gasteiger partial charge in [0.05, 0.1) is 4.92 Å². The average molecular weight is 372 g/mol. The summed E-state index contributed by atoms with van der Waals surface area (Å²) in [6, 6.07) is 7.75. The number of phenols is 1. The van der Waals surface area contributed by atoms with Gasteiger partial charge in [0.15, 0.2) is 0 Å². The van der Waals surface area contributed by atoms with Crippen LogP contribution in [0, 0.1) is 22.9 Å². The number of carbonyl (C=O) groups excluding carboxylic acids is 1. The molecule has 0 aliphatic carbocycles.